The summed E-state index contributed by atoms with van der Waals surface area (Å²) in [4.78, 5) is 12.0. The van der Waals surface area contributed by atoms with Gasteiger partial charge in [-0.05, 0) is 31.2 Å². The fourth-order valence-corrected chi connectivity index (χ4v) is 2.36. The third-order valence-electron chi connectivity index (χ3n) is 3.47. The fraction of sp³-hybridized carbons (Fsp3) is 0.417. The van der Waals surface area contributed by atoms with Crippen LogP contribution >= 0.6 is 0 Å². The third kappa shape index (κ3) is 0.902. The van der Waals surface area contributed by atoms with Crippen LogP contribution in [0.2, 0.25) is 0 Å². The Morgan fingerprint density at radius 1 is 1.08 bits per heavy atom. The Labute approximate surface area is 77.8 Å². The summed E-state index contributed by atoms with van der Waals surface area (Å²) in [6, 6.07) is 8.06. The van der Waals surface area contributed by atoms with Gasteiger partial charge in [-0.15, -0.1) is 0 Å². The van der Waals surface area contributed by atoms with Gasteiger partial charge >= 0.3 is 0 Å². The molecule has 0 aliphatic heterocycles. The van der Waals surface area contributed by atoms with Crippen LogP contribution in [-0.2, 0) is 6.42 Å². The van der Waals surface area contributed by atoms with E-state index < -0.39 is 0 Å². The molecule has 1 aromatic carbocycles. The first-order chi connectivity index (χ1) is 6.32. The predicted octanol–water partition coefficient (Wildman–Crippen LogP) is 2.60. The van der Waals surface area contributed by atoms with Crippen molar-refractivity contribution in [2.45, 2.75) is 25.7 Å². The van der Waals surface area contributed by atoms with Gasteiger partial charge in [-0.1, -0.05) is 24.3 Å². The number of benzene rings is 1. The molecule has 1 fully saturated rings. The van der Waals surface area contributed by atoms with Crippen molar-refractivity contribution in [3.63, 3.8) is 0 Å². The molecule has 1 heteroatoms. The summed E-state index contributed by atoms with van der Waals surface area (Å²) in [6.45, 7) is 0. The number of aryl methyl sites for hydroxylation is 1. The Balaban J connectivity index is 2.13. The van der Waals surface area contributed by atoms with Gasteiger partial charge in [0.25, 0.3) is 0 Å². The van der Waals surface area contributed by atoms with E-state index in [-0.39, 0.29) is 5.41 Å². The molecular formula is C12H12O. The van der Waals surface area contributed by atoms with Crippen molar-refractivity contribution < 1.29 is 4.79 Å². The molecule has 0 atom stereocenters. The Kier molecular flexibility index (Phi) is 1.25. The van der Waals surface area contributed by atoms with Crippen LogP contribution in [0.3, 0.4) is 0 Å². The molecule has 2 aliphatic rings. The molecule has 1 aromatic rings. The second-order valence-corrected chi connectivity index (χ2v) is 4.27. The number of hydrogen-bond acceptors (Lipinski definition) is 1. The van der Waals surface area contributed by atoms with Crippen molar-refractivity contribution in [1.82, 2.24) is 0 Å². The molecule has 0 saturated heterocycles. The maximum absolute atomic E-state index is 12.0. The highest BCUT2D eigenvalue weighted by atomic mass is 16.1. The summed E-state index contributed by atoms with van der Waals surface area (Å²) in [7, 11) is 0. The standard InChI is InChI=1S/C12H12O/c13-11-10-4-2-1-3-9(10)5-6-12(11)7-8-12/h1-4H,5-8H2. The fourth-order valence-electron chi connectivity index (χ4n) is 2.36. The Hall–Kier alpha value is -1.11. The lowest BCUT2D eigenvalue weighted by atomic mass is 9.80. The first kappa shape index (κ1) is 7.31. The quantitative estimate of drug-likeness (QED) is 0.588. The second-order valence-electron chi connectivity index (χ2n) is 4.27. The zero-order valence-corrected chi connectivity index (χ0v) is 7.55. The van der Waals surface area contributed by atoms with Gasteiger partial charge in [-0.3, -0.25) is 4.79 Å². The topological polar surface area (TPSA) is 17.1 Å². The summed E-state index contributed by atoms with van der Waals surface area (Å²) in [5.74, 6) is 0.411. The van der Waals surface area contributed by atoms with E-state index in [2.05, 4.69) is 6.07 Å². The van der Waals surface area contributed by atoms with E-state index in [4.69, 9.17) is 0 Å². The number of rotatable bonds is 0. The highest BCUT2D eigenvalue weighted by Crippen LogP contribution is 2.54. The summed E-state index contributed by atoms with van der Waals surface area (Å²) in [6.07, 6.45) is 4.44. The molecule has 0 heterocycles. The molecule has 1 saturated carbocycles. The lowest BCUT2D eigenvalue weighted by Gasteiger charge is -2.22. The lowest BCUT2D eigenvalue weighted by Crippen LogP contribution is -2.23. The van der Waals surface area contributed by atoms with Gasteiger partial charge in [0.1, 0.15) is 0 Å². The first-order valence-electron chi connectivity index (χ1n) is 4.95. The van der Waals surface area contributed by atoms with Crippen molar-refractivity contribution in [2.75, 3.05) is 0 Å². The van der Waals surface area contributed by atoms with Crippen LogP contribution in [-0.4, -0.2) is 5.78 Å². The van der Waals surface area contributed by atoms with Crippen molar-refractivity contribution in [3.05, 3.63) is 35.4 Å². The smallest absolute Gasteiger partial charge is 0.169 e. The minimum absolute atomic E-state index is 0.0916. The number of carbonyl (C=O) groups is 1. The molecule has 1 nitrogen and oxygen atoms in total. The number of carbonyl (C=O) groups excluding carboxylic acids is 1. The monoisotopic (exact) mass is 172 g/mol. The normalized spacial score (nSPS) is 22.9. The zero-order valence-electron chi connectivity index (χ0n) is 7.55. The summed E-state index contributed by atoms with van der Waals surface area (Å²) < 4.78 is 0. The van der Waals surface area contributed by atoms with Crippen LogP contribution in [0.5, 0.6) is 0 Å². The molecule has 0 bridgehead atoms. The number of ketones is 1. The van der Waals surface area contributed by atoms with Crippen LogP contribution in [0.25, 0.3) is 0 Å². The molecule has 0 unspecified atom stereocenters. The summed E-state index contributed by atoms with van der Waals surface area (Å²) in [5.41, 5.74) is 2.34. The van der Waals surface area contributed by atoms with Crippen molar-refractivity contribution in [2.24, 2.45) is 5.41 Å². The molecule has 13 heavy (non-hydrogen) atoms. The number of Topliss-reactive ketones (excluding diaryl/α,β-unsaturated/α-hetero) is 1. The van der Waals surface area contributed by atoms with Gasteiger partial charge in [-0.2, -0.15) is 0 Å². The Bertz CT molecular complexity index is 374. The van der Waals surface area contributed by atoms with E-state index >= 15 is 0 Å². The second kappa shape index (κ2) is 2.22. The van der Waals surface area contributed by atoms with Crippen LogP contribution in [0.1, 0.15) is 35.2 Å². The van der Waals surface area contributed by atoms with Crippen LogP contribution in [0.4, 0.5) is 0 Å². The van der Waals surface area contributed by atoms with E-state index in [1.165, 1.54) is 5.56 Å². The zero-order chi connectivity index (χ0) is 8.89. The van der Waals surface area contributed by atoms with Gasteiger partial charge in [0.05, 0.1) is 0 Å². The van der Waals surface area contributed by atoms with Crippen molar-refractivity contribution >= 4 is 5.78 Å². The molecule has 2 aliphatic carbocycles. The van der Waals surface area contributed by atoms with Gasteiger partial charge in [0.2, 0.25) is 0 Å². The average Bonchev–Trinajstić information content (AvgIpc) is 2.94. The molecule has 1 spiro atoms. The highest BCUT2D eigenvalue weighted by Gasteiger charge is 2.51. The molecule has 0 amide bonds. The molecular weight excluding hydrogens is 160 g/mol. The van der Waals surface area contributed by atoms with E-state index in [1.807, 2.05) is 18.2 Å². The van der Waals surface area contributed by atoms with Crippen LogP contribution < -0.4 is 0 Å². The van der Waals surface area contributed by atoms with Crippen LogP contribution in [0.15, 0.2) is 24.3 Å². The summed E-state index contributed by atoms with van der Waals surface area (Å²) in [5, 5.41) is 0. The van der Waals surface area contributed by atoms with E-state index in [1.54, 1.807) is 0 Å². The maximum atomic E-state index is 12.0. The summed E-state index contributed by atoms with van der Waals surface area (Å²) >= 11 is 0. The average molecular weight is 172 g/mol. The minimum Gasteiger partial charge on any atom is -0.294 e. The molecule has 0 N–H and O–H groups in total. The van der Waals surface area contributed by atoms with E-state index in [0.717, 1.165) is 31.2 Å². The molecule has 0 aromatic heterocycles. The van der Waals surface area contributed by atoms with Crippen LogP contribution in [0, 0.1) is 5.41 Å². The maximum Gasteiger partial charge on any atom is 0.169 e. The largest absolute Gasteiger partial charge is 0.294 e. The van der Waals surface area contributed by atoms with Gasteiger partial charge in [0.15, 0.2) is 5.78 Å². The number of fused-ring (bicyclic) bond motifs is 1. The highest BCUT2D eigenvalue weighted by molar-refractivity contribution is 6.04. The predicted molar refractivity (Wildman–Crippen MR) is 50.8 cm³/mol. The van der Waals surface area contributed by atoms with Gasteiger partial charge in [-0.25, -0.2) is 0 Å². The SMILES string of the molecule is O=C1c2ccccc2CCC12CC2. The molecule has 0 radical (unpaired) electrons. The first-order valence-corrected chi connectivity index (χ1v) is 4.95. The lowest BCUT2D eigenvalue weighted by molar-refractivity contribution is 0.0880. The Morgan fingerprint density at radius 3 is 2.62 bits per heavy atom. The van der Waals surface area contributed by atoms with E-state index in [9.17, 15) is 4.79 Å². The Morgan fingerprint density at radius 2 is 1.85 bits per heavy atom. The number of hydrogen-bond donors (Lipinski definition) is 0. The molecule has 3 rings (SSSR count). The van der Waals surface area contributed by atoms with Gasteiger partial charge < -0.3 is 0 Å². The minimum atomic E-state index is 0.0916. The van der Waals surface area contributed by atoms with Gasteiger partial charge in [0, 0.05) is 11.0 Å². The van der Waals surface area contributed by atoms with E-state index in [0.29, 0.717) is 5.78 Å². The van der Waals surface area contributed by atoms with Crippen molar-refractivity contribution in [1.29, 1.82) is 0 Å². The van der Waals surface area contributed by atoms with Crippen molar-refractivity contribution in [3.8, 4) is 0 Å². The third-order valence-corrected chi connectivity index (χ3v) is 3.47. The molecule has 66 valence electrons.